The van der Waals surface area contributed by atoms with Crippen LogP contribution in [0.4, 0.5) is 0 Å². The second kappa shape index (κ2) is 5.41. The number of benzene rings is 1. The lowest BCUT2D eigenvalue weighted by atomic mass is 10.2. The predicted octanol–water partition coefficient (Wildman–Crippen LogP) is 1.33. The number of ether oxygens (including phenoxy) is 2. The molecule has 0 aromatic heterocycles. The Morgan fingerprint density at radius 2 is 2.11 bits per heavy atom. The molecule has 0 aliphatic carbocycles. The van der Waals surface area contributed by atoms with Gasteiger partial charge in [-0.3, -0.25) is 4.79 Å². The molecule has 94 valence electrons. The highest BCUT2D eigenvalue weighted by molar-refractivity contribution is 5.90. The van der Waals surface area contributed by atoms with Gasteiger partial charge in [-0.2, -0.15) is 5.26 Å². The Bertz CT molecular complexity index is 493. The third-order valence-electron chi connectivity index (χ3n) is 2.67. The van der Waals surface area contributed by atoms with Crippen LogP contribution in [0.15, 0.2) is 18.2 Å². The van der Waals surface area contributed by atoms with Gasteiger partial charge in [-0.05, 0) is 17.7 Å². The average molecular weight is 246 g/mol. The molecule has 1 aliphatic rings. The fourth-order valence-electron chi connectivity index (χ4n) is 1.74. The summed E-state index contributed by atoms with van der Waals surface area (Å²) in [4.78, 5) is 12.5. The maximum absolute atomic E-state index is 11.2. The third kappa shape index (κ3) is 2.72. The molecule has 0 radical (unpaired) electrons. The van der Waals surface area contributed by atoms with Crippen LogP contribution in [0.2, 0.25) is 0 Å². The van der Waals surface area contributed by atoms with Crippen LogP contribution in [0, 0.1) is 11.3 Å². The van der Waals surface area contributed by atoms with Gasteiger partial charge < -0.3 is 14.4 Å². The number of rotatable bonds is 2. The lowest BCUT2D eigenvalue weighted by molar-refractivity contribution is -0.124. The molecule has 0 bridgehead atoms. The van der Waals surface area contributed by atoms with Gasteiger partial charge in [0.1, 0.15) is 0 Å². The van der Waals surface area contributed by atoms with Crippen molar-refractivity contribution in [1.82, 2.24) is 4.90 Å². The Kier molecular flexibility index (Phi) is 3.68. The highest BCUT2D eigenvalue weighted by Crippen LogP contribution is 2.30. The van der Waals surface area contributed by atoms with Crippen molar-refractivity contribution >= 4 is 5.91 Å². The van der Waals surface area contributed by atoms with E-state index in [1.807, 2.05) is 18.2 Å². The van der Waals surface area contributed by atoms with E-state index in [0.717, 1.165) is 17.7 Å². The van der Waals surface area contributed by atoms with Crippen molar-refractivity contribution in [3.05, 3.63) is 23.8 Å². The van der Waals surface area contributed by atoms with Crippen molar-refractivity contribution in [1.29, 1.82) is 5.26 Å². The van der Waals surface area contributed by atoms with Crippen LogP contribution < -0.4 is 9.47 Å². The summed E-state index contributed by atoms with van der Waals surface area (Å²) in [5.41, 5.74) is 0.908. The van der Waals surface area contributed by atoms with Crippen molar-refractivity contribution in [3.63, 3.8) is 0 Å². The maximum Gasteiger partial charge on any atom is 0.325 e. The number of hydrogen-bond donors (Lipinski definition) is 0. The van der Waals surface area contributed by atoms with Crippen LogP contribution in [-0.2, 0) is 11.3 Å². The van der Waals surface area contributed by atoms with E-state index in [-0.39, 0.29) is 0 Å². The molecule has 1 aromatic carbocycles. The Balaban J connectivity index is 2.13. The SMILES string of the molecule is CN(Cc1ccc2c(c1)OCCCO2)C(=O)C#N. The number of nitrogens with zero attached hydrogens (tertiary/aromatic N) is 2. The number of carbonyl (C=O) groups is 1. The molecule has 1 heterocycles. The van der Waals surface area contributed by atoms with E-state index in [4.69, 9.17) is 14.7 Å². The van der Waals surface area contributed by atoms with E-state index in [2.05, 4.69) is 0 Å². The molecule has 0 unspecified atom stereocenters. The molecule has 0 saturated heterocycles. The van der Waals surface area contributed by atoms with E-state index in [1.165, 1.54) is 4.90 Å². The number of nitriles is 1. The zero-order valence-corrected chi connectivity index (χ0v) is 10.2. The number of hydrogen-bond acceptors (Lipinski definition) is 4. The molecule has 5 heteroatoms. The van der Waals surface area contributed by atoms with Gasteiger partial charge in [0.05, 0.1) is 13.2 Å². The summed E-state index contributed by atoms with van der Waals surface area (Å²) in [5.74, 6) is 0.871. The van der Waals surface area contributed by atoms with E-state index in [0.29, 0.717) is 25.5 Å². The smallest absolute Gasteiger partial charge is 0.325 e. The number of amides is 1. The molecule has 0 N–H and O–H groups in total. The van der Waals surface area contributed by atoms with Gasteiger partial charge in [-0.1, -0.05) is 6.07 Å². The van der Waals surface area contributed by atoms with Crippen LogP contribution in [-0.4, -0.2) is 31.1 Å². The second-order valence-corrected chi connectivity index (χ2v) is 4.10. The minimum Gasteiger partial charge on any atom is -0.490 e. The van der Waals surface area contributed by atoms with Gasteiger partial charge in [-0.25, -0.2) is 0 Å². The first kappa shape index (κ1) is 12.2. The predicted molar refractivity (Wildman–Crippen MR) is 64.1 cm³/mol. The Hall–Kier alpha value is -2.22. The standard InChI is InChI=1S/C13H14N2O3/c1-15(13(16)8-14)9-10-3-4-11-12(7-10)18-6-2-5-17-11/h3-4,7H,2,5-6,9H2,1H3. The summed E-state index contributed by atoms with van der Waals surface area (Å²) in [7, 11) is 1.59. The largest absolute Gasteiger partial charge is 0.490 e. The summed E-state index contributed by atoms with van der Waals surface area (Å²) >= 11 is 0. The molecular formula is C13H14N2O3. The highest BCUT2D eigenvalue weighted by Gasteiger charge is 2.13. The fourth-order valence-corrected chi connectivity index (χ4v) is 1.74. The van der Waals surface area contributed by atoms with Gasteiger partial charge in [0.25, 0.3) is 0 Å². The van der Waals surface area contributed by atoms with Gasteiger partial charge in [0.15, 0.2) is 17.6 Å². The zero-order valence-electron chi connectivity index (χ0n) is 10.2. The fraction of sp³-hybridized carbons (Fsp3) is 0.385. The lowest BCUT2D eigenvalue weighted by Gasteiger charge is -2.14. The molecule has 0 fully saturated rings. The van der Waals surface area contributed by atoms with Crippen molar-refractivity contribution in [3.8, 4) is 17.6 Å². The van der Waals surface area contributed by atoms with Gasteiger partial charge in [0, 0.05) is 20.0 Å². The van der Waals surface area contributed by atoms with Crippen molar-refractivity contribution in [2.45, 2.75) is 13.0 Å². The topological polar surface area (TPSA) is 62.6 Å². The molecule has 1 aromatic rings. The van der Waals surface area contributed by atoms with E-state index in [9.17, 15) is 4.79 Å². The number of carbonyl (C=O) groups excluding carboxylic acids is 1. The summed E-state index contributed by atoms with van der Waals surface area (Å²) in [6.07, 6.45) is 0.858. The lowest BCUT2D eigenvalue weighted by Crippen LogP contribution is -2.24. The summed E-state index contributed by atoms with van der Waals surface area (Å²) in [5, 5.41) is 8.53. The normalized spacial score (nSPS) is 13.3. The van der Waals surface area contributed by atoms with Crippen LogP contribution in [0.3, 0.4) is 0 Å². The molecule has 1 aliphatic heterocycles. The van der Waals surface area contributed by atoms with Crippen LogP contribution in [0.5, 0.6) is 11.5 Å². The molecule has 0 spiro atoms. The second-order valence-electron chi connectivity index (χ2n) is 4.10. The van der Waals surface area contributed by atoms with Gasteiger partial charge >= 0.3 is 5.91 Å². The van der Waals surface area contributed by atoms with Crippen molar-refractivity contribution < 1.29 is 14.3 Å². The molecule has 1 amide bonds. The molecule has 0 saturated carbocycles. The molecular weight excluding hydrogens is 232 g/mol. The molecule has 0 atom stereocenters. The third-order valence-corrected chi connectivity index (χ3v) is 2.67. The summed E-state index contributed by atoms with van der Waals surface area (Å²) in [6.45, 7) is 1.66. The Morgan fingerprint density at radius 3 is 2.83 bits per heavy atom. The molecule has 2 rings (SSSR count). The monoisotopic (exact) mass is 246 g/mol. The minimum atomic E-state index is -0.554. The van der Waals surface area contributed by atoms with Gasteiger partial charge in [-0.15, -0.1) is 0 Å². The van der Waals surface area contributed by atoms with Crippen LogP contribution in [0.1, 0.15) is 12.0 Å². The first-order valence-electron chi connectivity index (χ1n) is 5.74. The summed E-state index contributed by atoms with van der Waals surface area (Å²) < 4.78 is 11.1. The minimum absolute atomic E-state index is 0.378. The van der Waals surface area contributed by atoms with E-state index in [1.54, 1.807) is 13.1 Å². The average Bonchev–Trinajstić information content (AvgIpc) is 2.62. The van der Waals surface area contributed by atoms with Gasteiger partial charge in [0.2, 0.25) is 0 Å². The highest BCUT2D eigenvalue weighted by atomic mass is 16.5. The molecule has 18 heavy (non-hydrogen) atoms. The first-order chi connectivity index (χ1) is 8.70. The summed E-state index contributed by atoms with van der Waals surface area (Å²) in [6, 6.07) is 7.14. The Morgan fingerprint density at radius 1 is 1.39 bits per heavy atom. The van der Waals surface area contributed by atoms with Crippen LogP contribution >= 0.6 is 0 Å². The van der Waals surface area contributed by atoms with E-state index >= 15 is 0 Å². The van der Waals surface area contributed by atoms with Crippen molar-refractivity contribution in [2.75, 3.05) is 20.3 Å². The van der Waals surface area contributed by atoms with Crippen LogP contribution in [0.25, 0.3) is 0 Å². The quantitative estimate of drug-likeness (QED) is 0.738. The molecule has 5 nitrogen and oxygen atoms in total. The van der Waals surface area contributed by atoms with E-state index < -0.39 is 5.91 Å². The Labute approximate surface area is 106 Å². The maximum atomic E-state index is 11.2. The number of fused-ring (bicyclic) bond motifs is 1. The first-order valence-corrected chi connectivity index (χ1v) is 5.74. The van der Waals surface area contributed by atoms with Crippen molar-refractivity contribution in [2.24, 2.45) is 0 Å². The zero-order chi connectivity index (χ0) is 13.0.